The Labute approximate surface area is 184 Å². The Morgan fingerprint density at radius 3 is 2.56 bits per heavy atom. The number of hydrogen-bond acceptors (Lipinski definition) is 6. The molecule has 0 fully saturated rings. The summed E-state index contributed by atoms with van der Waals surface area (Å²) in [5.74, 6) is 0.447. The molecule has 0 saturated carbocycles. The Hall–Kier alpha value is -3.56. The molecule has 0 aliphatic carbocycles. The van der Waals surface area contributed by atoms with Crippen molar-refractivity contribution < 1.29 is 13.2 Å². The normalized spacial score (nSPS) is 15.3. The maximum absolute atomic E-state index is 13.2. The number of aryl methyl sites for hydroxylation is 1. The van der Waals surface area contributed by atoms with Crippen LogP contribution in [0.15, 0.2) is 64.4 Å². The van der Waals surface area contributed by atoms with E-state index in [-0.39, 0.29) is 16.3 Å². The number of hydrogen-bond donors (Lipinski definition) is 1. The van der Waals surface area contributed by atoms with Crippen molar-refractivity contribution in [2.75, 3.05) is 14.1 Å². The highest BCUT2D eigenvalue weighted by Crippen LogP contribution is 2.49. The average Bonchev–Trinajstić information content (AvgIpc) is 2.77. The monoisotopic (exact) mass is 448 g/mol. The first-order chi connectivity index (χ1) is 15.3. The molecule has 0 spiro atoms. The van der Waals surface area contributed by atoms with Gasteiger partial charge >= 0.3 is 0 Å². The molecule has 1 unspecified atom stereocenters. The molecule has 162 valence electrons. The van der Waals surface area contributed by atoms with E-state index in [9.17, 15) is 13.2 Å². The van der Waals surface area contributed by atoms with Crippen LogP contribution in [0.1, 0.15) is 28.4 Å². The van der Waals surface area contributed by atoms with Crippen molar-refractivity contribution >= 4 is 20.9 Å². The number of nitrogens with zero attached hydrogens (tertiary/aromatic N) is 3. The van der Waals surface area contributed by atoms with Gasteiger partial charge in [0.15, 0.2) is 5.75 Å². The quantitative estimate of drug-likeness (QED) is 0.455. The van der Waals surface area contributed by atoms with Gasteiger partial charge in [-0.1, -0.05) is 30.3 Å². The minimum atomic E-state index is -3.80. The van der Waals surface area contributed by atoms with Gasteiger partial charge in [0.2, 0.25) is 15.9 Å². The van der Waals surface area contributed by atoms with E-state index in [1.54, 1.807) is 31.3 Å². The van der Waals surface area contributed by atoms with E-state index in [2.05, 4.69) is 15.0 Å². The molecule has 2 aromatic heterocycles. The third-order valence-corrected chi connectivity index (χ3v) is 7.42. The zero-order chi connectivity index (χ0) is 22.6. The van der Waals surface area contributed by atoms with Crippen molar-refractivity contribution in [3.8, 4) is 11.6 Å². The number of sulfonamides is 1. The highest BCUT2D eigenvalue weighted by molar-refractivity contribution is 7.89. The molecule has 1 atom stereocenters. The van der Waals surface area contributed by atoms with Gasteiger partial charge in [0.1, 0.15) is 11.3 Å². The van der Waals surface area contributed by atoms with Crippen LogP contribution < -0.4 is 10.3 Å². The Bertz CT molecular complexity index is 1530. The molecule has 0 radical (unpaired) electrons. The minimum absolute atomic E-state index is 0.105. The first-order valence-corrected chi connectivity index (χ1v) is 11.4. The highest BCUT2D eigenvalue weighted by Gasteiger charge is 2.36. The summed E-state index contributed by atoms with van der Waals surface area (Å²) in [7, 11) is -0.839. The lowest BCUT2D eigenvalue weighted by Crippen LogP contribution is -2.26. The number of aromatic nitrogens is 3. The summed E-state index contributed by atoms with van der Waals surface area (Å²) >= 11 is 0. The van der Waals surface area contributed by atoms with Crippen LogP contribution in [0.25, 0.3) is 10.9 Å². The van der Waals surface area contributed by atoms with E-state index in [4.69, 9.17) is 4.74 Å². The number of benzene rings is 2. The molecule has 9 heteroatoms. The number of ether oxygens (including phenoxy) is 1. The van der Waals surface area contributed by atoms with E-state index in [1.807, 2.05) is 30.3 Å². The van der Waals surface area contributed by atoms with Crippen molar-refractivity contribution in [3.63, 3.8) is 0 Å². The lowest BCUT2D eigenvalue weighted by Gasteiger charge is -2.29. The Morgan fingerprint density at radius 1 is 1.09 bits per heavy atom. The van der Waals surface area contributed by atoms with Crippen LogP contribution in [0.5, 0.6) is 11.6 Å². The standard InChI is InChI=1S/C23H20N4O4S/c1-13-25-22(28)19-18(14-8-5-4-6-9-14)16-12-17(32(29,30)27(2)3)15-10-7-11-24-20(15)21(16)31-23(19)26-13/h4-12,18H,1-3H3,(H,25,26,28). The fourth-order valence-electron chi connectivity index (χ4n) is 4.08. The Morgan fingerprint density at radius 2 is 1.84 bits per heavy atom. The molecule has 1 aliphatic heterocycles. The summed E-state index contributed by atoms with van der Waals surface area (Å²) in [4.78, 5) is 24.7. The van der Waals surface area contributed by atoms with Gasteiger partial charge in [-0.05, 0) is 30.7 Å². The predicted octanol–water partition coefficient (Wildman–Crippen LogP) is 3.16. The van der Waals surface area contributed by atoms with Gasteiger partial charge in [-0.2, -0.15) is 4.98 Å². The molecular formula is C23H20N4O4S. The molecule has 1 N–H and O–H groups in total. The average molecular weight is 449 g/mol. The second-order valence-electron chi connectivity index (χ2n) is 7.80. The predicted molar refractivity (Wildman–Crippen MR) is 120 cm³/mol. The fraction of sp³-hybridized carbons (Fsp3) is 0.174. The van der Waals surface area contributed by atoms with Crippen molar-refractivity contribution in [1.29, 1.82) is 0 Å². The molecule has 32 heavy (non-hydrogen) atoms. The molecule has 0 amide bonds. The summed E-state index contributed by atoms with van der Waals surface area (Å²) in [5.41, 5.74) is 1.77. The first kappa shape index (κ1) is 20.3. The van der Waals surface area contributed by atoms with E-state index < -0.39 is 15.9 Å². The molecule has 1 aliphatic rings. The summed E-state index contributed by atoms with van der Waals surface area (Å²) in [6.45, 7) is 1.68. The summed E-state index contributed by atoms with van der Waals surface area (Å²) in [5, 5.41) is 0.441. The largest absolute Gasteiger partial charge is 0.436 e. The molecule has 0 bridgehead atoms. The van der Waals surface area contributed by atoms with Crippen LogP contribution in [-0.2, 0) is 10.0 Å². The highest BCUT2D eigenvalue weighted by atomic mass is 32.2. The van der Waals surface area contributed by atoms with Gasteiger partial charge in [0.05, 0.1) is 10.5 Å². The SMILES string of the molecule is Cc1nc2c(c(=O)[nH]1)C(c1ccccc1)c1cc(S(=O)(=O)N(C)C)c3cccnc3c1O2. The van der Waals surface area contributed by atoms with Crippen LogP contribution in [-0.4, -0.2) is 41.8 Å². The number of nitrogens with one attached hydrogen (secondary N) is 1. The molecule has 8 nitrogen and oxygen atoms in total. The van der Waals surface area contributed by atoms with Crippen LogP contribution in [0.4, 0.5) is 0 Å². The van der Waals surface area contributed by atoms with Crippen molar-refractivity contribution in [2.24, 2.45) is 0 Å². The Kier molecular flexibility index (Phi) is 4.61. The summed E-state index contributed by atoms with van der Waals surface area (Å²) in [6.07, 6.45) is 1.58. The van der Waals surface area contributed by atoms with Crippen LogP contribution >= 0.6 is 0 Å². The number of pyridine rings is 1. The van der Waals surface area contributed by atoms with Crippen molar-refractivity contribution in [3.05, 3.63) is 87.6 Å². The van der Waals surface area contributed by atoms with Gasteiger partial charge < -0.3 is 9.72 Å². The molecule has 2 aromatic carbocycles. The van der Waals surface area contributed by atoms with Crippen molar-refractivity contribution in [2.45, 2.75) is 17.7 Å². The molecule has 3 heterocycles. The van der Waals surface area contributed by atoms with Crippen LogP contribution in [0.3, 0.4) is 0 Å². The summed E-state index contributed by atoms with van der Waals surface area (Å²) < 4.78 is 33.7. The summed E-state index contributed by atoms with van der Waals surface area (Å²) in [6, 6.07) is 14.4. The van der Waals surface area contributed by atoms with Crippen LogP contribution in [0.2, 0.25) is 0 Å². The maximum atomic E-state index is 13.2. The number of rotatable bonds is 3. The van der Waals surface area contributed by atoms with Gasteiger partial charge in [0, 0.05) is 37.2 Å². The lowest BCUT2D eigenvalue weighted by atomic mass is 9.83. The topological polar surface area (TPSA) is 105 Å². The van der Waals surface area contributed by atoms with E-state index in [0.29, 0.717) is 33.6 Å². The van der Waals surface area contributed by atoms with E-state index in [1.165, 1.54) is 14.1 Å². The van der Waals surface area contributed by atoms with Gasteiger partial charge in [-0.15, -0.1) is 0 Å². The number of aromatic amines is 1. The number of fused-ring (bicyclic) bond motifs is 4. The first-order valence-electron chi connectivity index (χ1n) is 9.97. The lowest BCUT2D eigenvalue weighted by molar-refractivity contribution is 0.432. The third-order valence-electron chi connectivity index (χ3n) is 5.57. The zero-order valence-electron chi connectivity index (χ0n) is 17.7. The minimum Gasteiger partial charge on any atom is -0.436 e. The second kappa shape index (κ2) is 7.25. The smallest absolute Gasteiger partial charge is 0.258 e. The molecular weight excluding hydrogens is 428 g/mol. The van der Waals surface area contributed by atoms with E-state index >= 15 is 0 Å². The fourth-order valence-corrected chi connectivity index (χ4v) is 5.20. The van der Waals surface area contributed by atoms with Crippen molar-refractivity contribution in [1.82, 2.24) is 19.3 Å². The molecule has 4 aromatic rings. The zero-order valence-corrected chi connectivity index (χ0v) is 18.5. The molecule has 5 rings (SSSR count). The second-order valence-corrected chi connectivity index (χ2v) is 9.92. The molecule has 0 saturated heterocycles. The number of H-pyrrole nitrogens is 1. The third kappa shape index (κ3) is 3.01. The van der Waals surface area contributed by atoms with E-state index in [0.717, 1.165) is 9.87 Å². The maximum Gasteiger partial charge on any atom is 0.258 e. The van der Waals surface area contributed by atoms with Gasteiger partial charge in [0.25, 0.3) is 5.56 Å². The Balaban J connectivity index is 1.93. The van der Waals surface area contributed by atoms with Crippen LogP contribution in [0, 0.1) is 6.92 Å². The van der Waals surface area contributed by atoms with Gasteiger partial charge in [-0.3, -0.25) is 9.78 Å². The van der Waals surface area contributed by atoms with Gasteiger partial charge in [-0.25, -0.2) is 12.7 Å².